The number of rotatable bonds is 2. The Morgan fingerprint density at radius 1 is 1.00 bits per heavy atom. The fraction of sp³-hybridized carbons (Fsp3) is 0.0556. The van der Waals surface area contributed by atoms with Gasteiger partial charge < -0.3 is 10.3 Å². The molecule has 0 saturated carbocycles. The molecule has 0 spiro atoms. The van der Waals surface area contributed by atoms with Gasteiger partial charge in [-0.3, -0.25) is 0 Å². The maximum atomic E-state index is 12.9. The molecule has 25 heavy (non-hydrogen) atoms. The number of fused-ring (bicyclic) bond motifs is 2. The first kappa shape index (κ1) is 15.8. The van der Waals surface area contributed by atoms with Crippen molar-refractivity contribution >= 4 is 44.9 Å². The molecule has 7 heteroatoms. The van der Waals surface area contributed by atoms with Crippen molar-refractivity contribution in [3.63, 3.8) is 0 Å². The molecule has 0 aliphatic carbocycles. The van der Waals surface area contributed by atoms with Crippen molar-refractivity contribution in [2.75, 3.05) is 5.32 Å². The monoisotopic (exact) mass is 361 g/mol. The van der Waals surface area contributed by atoms with Crippen LogP contribution in [0.1, 0.15) is 5.56 Å². The van der Waals surface area contributed by atoms with Crippen molar-refractivity contribution in [1.82, 2.24) is 9.97 Å². The average Bonchev–Trinajstić information content (AvgIpc) is 3.01. The van der Waals surface area contributed by atoms with Gasteiger partial charge in [0.15, 0.2) is 0 Å². The minimum Gasteiger partial charge on any atom is -0.361 e. The van der Waals surface area contributed by atoms with Crippen molar-refractivity contribution in [2.24, 2.45) is 0 Å². The van der Waals surface area contributed by atoms with Gasteiger partial charge >= 0.3 is 6.18 Å². The standard InChI is InChI=1S/C18H11ClF3N3/c19-14-9-17(24-12-3-1-10-5-6-23-15(10)8-12)25-16-7-11(18(20,21)22)2-4-13(14)16/h1-9,23H,(H,24,25). The molecule has 4 rings (SSSR count). The van der Waals surface area contributed by atoms with E-state index in [0.717, 1.165) is 28.7 Å². The maximum Gasteiger partial charge on any atom is 0.416 e. The number of aromatic amines is 1. The fourth-order valence-electron chi connectivity index (χ4n) is 2.70. The molecule has 126 valence electrons. The van der Waals surface area contributed by atoms with Crippen molar-refractivity contribution in [1.29, 1.82) is 0 Å². The molecule has 0 atom stereocenters. The highest BCUT2D eigenvalue weighted by molar-refractivity contribution is 6.35. The van der Waals surface area contributed by atoms with Gasteiger partial charge in [-0.1, -0.05) is 23.7 Å². The summed E-state index contributed by atoms with van der Waals surface area (Å²) in [5, 5.41) is 4.95. The van der Waals surface area contributed by atoms with Crippen LogP contribution in [-0.2, 0) is 6.18 Å². The number of halogens is 4. The van der Waals surface area contributed by atoms with E-state index >= 15 is 0 Å². The van der Waals surface area contributed by atoms with Crippen molar-refractivity contribution < 1.29 is 13.2 Å². The number of benzene rings is 2. The van der Waals surface area contributed by atoms with E-state index in [1.807, 2.05) is 30.5 Å². The molecule has 0 unspecified atom stereocenters. The van der Waals surface area contributed by atoms with Gasteiger partial charge in [-0.2, -0.15) is 13.2 Å². The number of pyridine rings is 1. The number of aromatic nitrogens is 2. The molecule has 0 bridgehead atoms. The Balaban J connectivity index is 1.75. The van der Waals surface area contributed by atoms with E-state index in [0.29, 0.717) is 16.2 Å². The Kier molecular flexibility index (Phi) is 3.58. The lowest BCUT2D eigenvalue weighted by Gasteiger charge is -2.11. The first-order chi connectivity index (χ1) is 11.9. The van der Waals surface area contributed by atoms with Crippen molar-refractivity contribution in [3.8, 4) is 0 Å². The van der Waals surface area contributed by atoms with E-state index in [1.54, 1.807) is 6.07 Å². The fourth-order valence-corrected chi connectivity index (χ4v) is 2.96. The van der Waals surface area contributed by atoms with Gasteiger partial charge in [0.2, 0.25) is 0 Å². The van der Waals surface area contributed by atoms with E-state index in [1.165, 1.54) is 6.07 Å². The molecular formula is C18H11ClF3N3. The lowest BCUT2D eigenvalue weighted by Crippen LogP contribution is -2.05. The molecule has 0 aliphatic heterocycles. The summed E-state index contributed by atoms with van der Waals surface area (Å²) in [6, 6.07) is 12.6. The lowest BCUT2D eigenvalue weighted by atomic mass is 10.1. The Labute approximate surface area is 145 Å². The third-order valence-electron chi connectivity index (χ3n) is 3.91. The van der Waals surface area contributed by atoms with Crippen LogP contribution in [0.2, 0.25) is 5.02 Å². The molecule has 2 heterocycles. The third-order valence-corrected chi connectivity index (χ3v) is 4.23. The molecule has 2 N–H and O–H groups in total. The average molecular weight is 362 g/mol. The molecule has 0 amide bonds. The summed E-state index contributed by atoms with van der Waals surface area (Å²) < 4.78 is 38.7. The largest absolute Gasteiger partial charge is 0.416 e. The molecular weight excluding hydrogens is 351 g/mol. The zero-order chi connectivity index (χ0) is 17.6. The predicted octanol–water partition coefficient (Wildman–Crippen LogP) is 6.13. The van der Waals surface area contributed by atoms with Gasteiger partial charge in [-0.15, -0.1) is 0 Å². The smallest absolute Gasteiger partial charge is 0.361 e. The highest BCUT2D eigenvalue weighted by Crippen LogP contribution is 2.34. The number of nitrogens with zero attached hydrogens (tertiary/aromatic N) is 1. The zero-order valence-corrected chi connectivity index (χ0v) is 13.4. The minimum absolute atomic E-state index is 0.186. The number of hydrogen-bond donors (Lipinski definition) is 2. The first-order valence-corrected chi connectivity index (χ1v) is 7.80. The molecule has 3 nitrogen and oxygen atoms in total. The van der Waals surface area contributed by atoms with Crippen LogP contribution in [0.15, 0.2) is 54.7 Å². The number of alkyl halides is 3. The molecule has 0 fully saturated rings. The predicted molar refractivity (Wildman–Crippen MR) is 93.3 cm³/mol. The number of nitrogens with one attached hydrogen (secondary N) is 2. The normalized spacial score (nSPS) is 12.0. The molecule has 0 saturated heterocycles. The van der Waals surface area contributed by atoms with Gasteiger partial charge in [0.1, 0.15) is 5.82 Å². The zero-order valence-electron chi connectivity index (χ0n) is 12.7. The molecule has 0 aliphatic rings. The van der Waals surface area contributed by atoms with Crippen LogP contribution in [-0.4, -0.2) is 9.97 Å². The van der Waals surface area contributed by atoms with Crippen LogP contribution in [0.25, 0.3) is 21.8 Å². The second-order valence-corrected chi connectivity index (χ2v) is 6.03. The molecule has 0 radical (unpaired) electrons. The maximum absolute atomic E-state index is 12.9. The number of anilines is 2. The van der Waals surface area contributed by atoms with Gasteiger partial charge in [-0.25, -0.2) is 4.98 Å². The summed E-state index contributed by atoms with van der Waals surface area (Å²) in [5.74, 6) is 0.378. The summed E-state index contributed by atoms with van der Waals surface area (Å²) in [7, 11) is 0. The summed E-state index contributed by atoms with van der Waals surface area (Å²) >= 11 is 6.21. The summed E-state index contributed by atoms with van der Waals surface area (Å²) in [4.78, 5) is 7.37. The second kappa shape index (κ2) is 5.67. The number of hydrogen-bond acceptors (Lipinski definition) is 2. The van der Waals surface area contributed by atoms with E-state index in [4.69, 9.17) is 11.6 Å². The van der Waals surface area contributed by atoms with E-state index in [9.17, 15) is 13.2 Å². The van der Waals surface area contributed by atoms with Crippen LogP contribution >= 0.6 is 11.6 Å². The molecule has 4 aromatic rings. The first-order valence-electron chi connectivity index (χ1n) is 7.42. The second-order valence-electron chi connectivity index (χ2n) is 5.62. The van der Waals surface area contributed by atoms with Gasteiger partial charge in [-0.05, 0) is 35.7 Å². The summed E-state index contributed by atoms with van der Waals surface area (Å²) in [6.07, 6.45) is -2.59. The van der Waals surface area contributed by atoms with E-state index in [2.05, 4.69) is 15.3 Å². The van der Waals surface area contributed by atoms with Crippen molar-refractivity contribution in [3.05, 3.63) is 65.3 Å². The van der Waals surface area contributed by atoms with E-state index in [-0.39, 0.29) is 5.52 Å². The van der Waals surface area contributed by atoms with Crippen LogP contribution < -0.4 is 5.32 Å². The highest BCUT2D eigenvalue weighted by Gasteiger charge is 2.30. The molecule has 2 aromatic heterocycles. The Bertz CT molecular complexity index is 1090. The Hall–Kier alpha value is -2.73. The van der Waals surface area contributed by atoms with Gasteiger partial charge in [0.05, 0.1) is 16.1 Å². The van der Waals surface area contributed by atoms with Crippen LogP contribution in [0.5, 0.6) is 0 Å². The van der Waals surface area contributed by atoms with E-state index < -0.39 is 11.7 Å². The lowest BCUT2D eigenvalue weighted by molar-refractivity contribution is -0.137. The quantitative estimate of drug-likeness (QED) is 0.450. The SMILES string of the molecule is FC(F)(F)c1ccc2c(Cl)cc(Nc3ccc4cc[nH]c4c3)nc2c1. The van der Waals surface area contributed by atoms with Gasteiger partial charge in [0.25, 0.3) is 0 Å². The number of H-pyrrole nitrogens is 1. The topological polar surface area (TPSA) is 40.7 Å². The minimum atomic E-state index is -4.43. The molecule has 2 aromatic carbocycles. The summed E-state index contributed by atoms with van der Waals surface area (Å²) in [5.41, 5.74) is 1.13. The van der Waals surface area contributed by atoms with Crippen LogP contribution in [0.4, 0.5) is 24.7 Å². The van der Waals surface area contributed by atoms with Crippen LogP contribution in [0, 0.1) is 0 Å². The Morgan fingerprint density at radius 2 is 1.84 bits per heavy atom. The summed E-state index contributed by atoms with van der Waals surface area (Å²) in [6.45, 7) is 0. The van der Waals surface area contributed by atoms with Gasteiger partial charge in [0, 0.05) is 28.9 Å². The van der Waals surface area contributed by atoms with Crippen LogP contribution in [0.3, 0.4) is 0 Å². The highest BCUT2D eigenvalue weighted by atomic mass is 35.5. The van der Waals surface area contributed by atoms with Crippen molar-refractivity contribution in [2.45, 2.75) is 6.18 Å². The Morgan fingerprint density at radius 3 is 2.64 bits per heavy atom. The third kappa shape index (κ3) is 3.00.